The topological polar surface area (TPSA) is 46.5 Å². The first-order valence-corrected chi connectivity index (χ1v) is 4.10. The summed E-state index contributed by atoms with van der Waals surface area (Å²) in [5, 5.41) is 9.74. The average Bonchev–Trinajstić information content (AvgIpc) is 2.41. The van der Waals surface area contributed by atoms with Crippen LogP contribution in [0.25, 0.3) is 0 Å². The van der Waals surface area contributed by atoms with Crippen LogP contribution in [0.5, 0.6) is 5.75 Å². The second-order valence-electron chi connectivity index (χ2n) is 3.34. The number of aliphatic hydroxyl groups excluding tert-OH is 1. The minimum Gasteiger partial charge on any atom is -0.477 e. The van der Waals surface area contributed by atoms with Crippen molar-refractivity contribution in [2.75, 3.05) is 0 Å². The molecule has 3 heteroatoms. The van der Waals surface area contributed by atoms with Gasteiger partial charge in [-0.05, 0) is 13.0 Å². The molecule has 0 spiro atoms. The summed E-state index contributed by atoms with van der Waals surface area (Å²) < 4.78 is 5.34. The minimum atomic E-state index is -1.12. The summed E-state index contributed by atoms with van der Waals surface area (Å²) in [5.41, 5.74) is -0.443. The van der Waals surface area contributed by atoms with Gasteiger partial charge in [0.25, 0.3) is 0 Å². The second-order valence-corrected chi connectivity index (χ2v) is 3.34. The van der Waals surface area contributed by atoms with Gasteiger partial charge >= 0.3 is 0 Å². The Bertz CT molecular complexity index is 348. The number of benzene rings is 1. The van der Waals surface area contributed by atoms with E-state index in [2.05, 4.69) is 0 Å². The number of hydrogen-bond donors (Lipinski definition) is 1. The van der Waals surface area contributed by atoms with Gasteiger partial charge in [-0.3, -0.25) is 4.79 Å². The van der Waals surface area contributed by atoms with Crippen molar-refractivity contribution in [1.29, 1.82) is 0 Å². The fraction of sp³-hybridized carbons (Fsp3) is 0.300. The van der Waals surface area contributed by atoms with Gasteiger partial charge in [0.1, 0.15) is 11.9 Å². The molecule has 1 aromatic carbocycles. The first-order valence-electron chi connectivity index (χ1n) is 4.10. The van der Waals surface area contributed by atoms with Crippen molar-refractivity contribution in [2.24, 2.45) is 0 Å². The summed E-state index contributed by atoms with van der Waals surface area (Å²) in [4.78, 5) is 10.7. The van der Waals surface area contributed by atoms with E-state index in [9.17, 15) is 9.90 Å². The first kappa shape index (κ1) is 8.26. The Morgan fingerprint density at radius 1 is 1.54 bits per heavy atom. The highest BCUT2D eigenvalue weighted by molar-refractivity contribution is 5.67. The molecule has 0 amide bonds. The van der Waals surface area contributed by atoms with Gasteiger partial charge in [-0.1, -0.05) is 18.2 Å². The third-order valence-corrected chi connectivity index (χ3v) is 2.32. The maximum absolute atomic E-state index is 10.7. The van der Waals surface area contributed by atoms with Gasteiger partial charge in [-0.2, -0.15) is 0 Å². The summed E-state index contributed by atoms with van der Waals surface area (Å²) in [5.74, 6) is 0.588. The molecule has 1 heterocycles. The molecule has 0 radical (unpaired) electrons. The fourth-order valence-electron chi connectivity index (χ4n) is 1.49. The van der Waals surface area contributed by atoms with Crippen LogP contribution in [0.4, 0.5) is 0 Å². The van der Waals surface area contributed by atoms with Crippen LogP contribution in [0, 0.1) is 0 Å². The smallest absolute Gasteiger partial charge is 0.191 e. The zero-order valence-electron chi connectivity index (χ0n) is 7.23. The largest absolute Gasteiger partial charge is 0.477 e. The molecule has 0 aliphatic carbocycles. The molecule has 0 fully saturated rings. The van der Waals surface area contributed by atoms with Gasteiger partial charge in [0.2, 0.25) is 0 Å². The highest BCUT2D eigenvalue weighted by Gasteiger charge is 2.43. The van der Waals surface area contributed by atoms with Crippen LogP contribution in [0.3, 0.4) is 0 Å². The normalized spacial score (nSPS) is 30.8. The first-order chi connectivity index (χ1) is 6.17. The fourth-order valence-corrected chi connectivity index (χ4v) is 1.49. The predicted octanol–water partition coefficient (Wildman–Crippen LogP) is 1.07. The summed E-state index contributed by atoms with van der Waals surface area (Å²) in [6, 6.07) is 7.12. The third-order valence-electron chi connectivity index (χ3n) is 2.32. The molecular weight excluding hydrogens is 168 g/mol. The van der Waals surface area contributed by atoms with Crippen LogP contribution in [0.2, 0.25) is 0 Å². The van der Waals surface area contributed by atoms with Crippen LogP contribution < -0.4 is 4.74 Å². The van der Waals surface area contributed by atoms with E-state index in [1.165, 1.54) is 0 Å². The zero-order chi connectivity index (χ0) is 9.47. The third kappa shape index (κ3) is 1.04. The maximum atomic E-state index is 10.7. The highest BCUT2D eigenvalue weighted by atomic mass is 16.5. The molecule has 1 aromatic rings. The SMILES string of the molecule is CC1(C=O)Oc2ccccc2C1O. The number of carbonyl (C=O) groups is 1. The van der Waals surface area contributed by atoms with Gasteiger partial charge in [-0.15, -0.1) is 0 Å². The standard InChI is InChI=1S/C10H10O3/c1-10(6-11)9(12)7-4-2-3-5-8(7)13-10/h2-6,9,12H,1H3. The van der Waals surface area contributed by atoms with E-state index in [1.54, 1.807) is 19.1 Å². The van der Waals surface area contributed by atoms with E-state index in [-0.39, 0.29) is 0 Å². The van der Waals surface area contributed by atoms with E-state index in [4.69, 9.17) is 4.74 Å². The lowest BCUT2D eigenvalue weighted by Gasteiger charge is -2.19. The number of carbonyl (C=O) groups excluding carboxylic acids is 1. The van der Waals surface area contributed by atoms with Crippen molar-refractivity contribution >= 4 is 6.29 Å². The molecule has 1 N–H and O–H groups in total. The van der Waals surface area contributed by atoms with Crippen molar-refractivity contribution in [3.63, 3.8) is 0 Å². The number of rotatable bonds is 1. The number of ether oxygens (including phenoxy) is 1. The van der Waals surface area contributed by atoms with Crippen LogP contribution in [-0.2, 0) is 4.79 Å². The maximum Gasteiger partial charge on any atom is 0.191 e. The second kappa shape index (κ2) is 2.57. The van der Waals surface area contributed by atoms with Gasteiger partial charge in [0, 0.05) is 5.56 Å². The van der Waals surface area contributed by atoms with Crippen LogP contribution in [-0.4, -0.2) is 17.0 Å². The van der Waals surface area contributed by atoms with Crippen LogP contribution in [0.15, 0.2) is 24.3 Å². The Hall–Kier alpha value is -1.35. The molecular formula is C10H10O3. The molecule has 2 atom stereocenters. The Morgan fingerprint density at radius 2 is 2.23 bits per heavy atom. The number of hydrogen-bond acceptors (Lipinski definition) is 3. The number of aldehydes is 1. The molecule has 0 aromatic heterocycles. The van der Waals surface area contributed by atoms with Crippen molar-refractivity contribution < 1.29 is 14.6 Å². The Morgan fingerprint density at radius 3 is 2.85 bits per heavy atom. The van der Waals surface area contributed by atoms with Crippen molar-refractivity contribution in [2.45, 2.75) is 18.6 Å². The summed E-state index contributed by atoms with van der Waals surface area (Å²) >= 11 is 0. The molecule has 13 heavy (non-hydrogen) atoms. The van der Waals surface area contributed by atoms with Gasteiger partial charge in [0.15, 0.2) is 11.9 Å². The molecule has 0 saturated carbocycles. The van der Waals surface area contributed by atoms with Gasteiger partial charge < -0.3 is 9.84 Å². The lowest BCUT2D eigenvalue weighted by atomic mass is 9.97. The van der Waals surface area contributed by atoms with E-state index in [1.807, 2.05) is 12.1 Å². The average molecular weight is 178 g/mol. The van der Waals surface area contributed by atoms with Crippen molar-refractivity contribution in [3.05, 3.63) is 29.8 Å². The Labute approximate surface area is 76.0 Å². The van der Waals surface area contributed by atoms with E-state index in [0.29, 0.717) is 17.6 Å². The van der Waals surface area contributed by atoms with Gasteiger partial charge in [0.05, 0.1) is 0 Å². The van der Waals surface area contributed by atoms with Crippen LogP contribution in [0.1, 0.15) is 18.6 Å². The van der Waals surface area contributed by atoms with E-state index < -0.39 is 11.7 Å². The van der Waals surface area contributed by atoms with Gasteiger partial charge in [-0.25, -0.2) is 0 Å². The molecule has 1 aliphatic rings. The Kier molecular flexibility index (Phi) is 1.63. The summed E-state index contributed by atoms with van der Waals surface area (Å²) in [6.07, 6.45) is -0.223. The minimum absolute atomic E-state index is 0.588. The predicted molar refractivity (Wildman–Crippen MR) is 46.5 cm³/mol. The molecule has 1 aliphatic heterocycles. The quantitative estimate of drug-likeness (QED) is 0.654. The zero-order valence-corrected chi connectivity index (χ0v) is 7.23. The molecule has 2 rings (SSSR count). The highest BCUT2D eigenvalue weighted by Crippen LogP contribution is 2.41. The monoisotopic (exact) mass is 178 g/mol. The molecule has 68 valence electrons. The summed E-state index contributed by atoms with van der Waals surface area (Å²) in [7, 11) is 0. The van der Waals surface area contributed by atoms with E-state index in [0.717, 1.165) is 0 Å². The molecule has 3 nitrogen and oxygen atoms in total. The lowest BCUT2D eigenvalue weighted by Crippen LogP contribution is -2.36. The lowest BCUT2D eigenvalue weighted by molar-refractivity contribution is -0.126. The molecule has 2 unspecified atom stereocenters. The molecule has 0 saturated heterocycles. The summed E-state index contributed by atoms with van der Waals surface area (Å²) in [6.45, 7) is 1.57. The van der Waals surface area contributed by atoms with Crippen molar-refractivity contribution in [1.82, 2.24) is 0 Å². The Balaban J connectivity index is 2.49. The number of fused-ring (bicyclic) bond motifs is 1. The van der Waals surface area contributed by atoms with Crippen molar-refractivity contribution in [3.8, 4) is 5.75 Å². The van der Waals surface area contributed by atoms with E-state index >= 15 is 0 Å². The number of para-hydroxylation sites is 1. The van der Waals surface area contributed by atoms with Crippen LogP contribution >= 0.6 is 0 Å². The molecule has 0 bridgehead atoms. The number of aliphatic hydroxyl groups is 1.